The lowest BCUT2D eigenvalue weighted by atomic mass is 10.1. The molecule has 0 saturated heterocycles. The van der Waals surface area contributed by atoms with Crippen molar-refractivity contribution in [1.29, 1.82) is 0 Å². The van der Waals surface area contributed by atoms with Gasteiger partial charge >= 0.3 is 0 Å². The van der Waals surface area contributed by atoms with E-state index < -0.39 is 0 Å². The molecule has 0 aromatic carbocycles. The first-order valence-electron chi connectivity index (χ1n) is 5.28. The Bertz CT molecular complexity index is 530. The molecule has 2 rings (SSSR count). The summed E-state index contributed by atoms with van der Waals surface area (Å²) >= 11 is 0. The molecule has 16 heavy (non-hydrogen) atoms. The molecule has 0 aliphatic carbocycles. The highest BCUT2D eigenvalue weighted by Crippen LogP contribution is 2.12. The van der Waals surface area contributed by atoms with Crippen molar-refractivity contribution in [1.82, 2.24) is 25.4 Å². The molecule has 2 aromatic heterocycles. The Morgan fingerprint density at radius 1 is 1.44 bits per heavy atom. The second kappa shape index (κ2) is 4.40. The molecule has 2 aromatic rings. The van der Waals surface area contributed by atoms with Crippen LogP contribution in [-0.4, -0.2) is 25.4 Å². The molecule has 4 N–H and O–H groups in total. The van der Waals surface area contributed by atoms with Gasteiger partial charge in [-0.1, -0.05) is 19.8 Å². The molecule has 0 amide bonds. The summed E-state index contributed by atoms with van der Waals surface area (Å²) in [6.45, 7) is 2.09. The topological polar surface area (TPSA) is 113 Å². The Kier molecular flexibility index (Phi) is 2.95. The lowest BCUT2D eigenvalue weighted by Gasteiger charge is -2.08. The van der Waals surface area contributed by atoms with Crippen LogP contribution in [0.4, 0.5) is 0 Å². The molecular weight excluding hydrogens is 208 g/mol. The lowest BCUT2D eigenvalue weighted by Crippen LogP contribution is -2.20. The van der Waals surface area contributed by atoms with E-state index in [1.807, 2.05) is 0 Å². The fourth-order valence-electron chi connectivity index (χ4n) is 1.51. The van der Waals surface area contributed by atoms with Crippen LogP contribution >= 0.6 is 0 Å². The van der Waals surface area contributed by atoms with Gasteiger partial charge in [-0.25, -0.2) is 4.98 Å². The third kappa shape index (κ3) is 1.94. The number of aromatic amines is 2. The summed E-state index contributed by atoms with van der Waals surface area (Å²) in [5.41, 5.74) is 6.14. The zero-order valence-corrected chi connectivity index (χ0v) is 9.03. The van der Waals surface area contributed by atoms with Gasteiger partial charge in [0.15, 0.2) is 5.52 Å². The number of hydrogen-bond donors (Lipinski definition) is 3. The van der Waals surface area contributed by atoms with Gasteiger partial charge in [0.2, 0.25) is 5.65 Å². The zero-order valence-electron chi connectivity index (χ0n) is 9.03. The van der Waals surface area contributed by atoms with Crippen LogP contribution < -0.4 is 11.3 Å². The second-order valence-electron chi connectivity index (χ2n) is 3.70. The summed E-state index contributed by atoms with van der Waals surface area (Å²) in [7, 11) is 0. The van der Waals surface area contributed by atoms with E-state index in [0.717, 1.165) is 19.3 Å². The first-order valence-corrected chi connectivity index (χ1v) is 5.28. The number of H-pyrrole nitrogens is 2. The van der Waals surface area contributed by atoms with Crippen LogP contribution in [0.25, 0.3) is 11.2 Å². The minimum Gasteiger partial charge on any atom is -0.321 e. The predicted molar refractivity (Wildman–Crippen MR) is 58.8 cm³/mol. The van der Waals surface area contributed by atoms with E-state index >= 15 is 0 Å². The first kappa shape index (κ1) is 10.7. The molecule has 1 atom stereocenters. The summed E-state index contributed by atoms with van der Waals surface area (Å²) in [5.74, 6) is 0.472. The molecule has 0 fully saturated rings. The summed E-state index contributed by atoms with van der Waals surface area (Å²) in [6.07, 6.45) is 2.86. The fourth-order valence-corrected chi connectivity index (χ4v) is 1.51. The maximum Gasteiger partial charge on any atom is 0.281 e. The third-order valence-corrected chi connectivity index (χ3v) is 2.43. The van der Waals surface area contributed by atoms with Crippen LogP contribution in [0.2, 0.25) is 0 Å². The largest absolute Gasteiger partial charge is 0.321 e. The second-order valence-corrected chi connectivity index (χ2v) is 3.70. The van der Waals surface area contributed by atoms with Gasteiger partial charge in [-0.3, -0.25) is 4.79 Å². The van der Waals surface area contributed by atoms with Crippen LogP contribution in [0.1, 0.15) is 38.1 Å². The Labute approximate surface area is 91.5 Å². The van der Waals surface area contributed by atoms with E-state index in [2.05, 4.69) is 32.3 Å². The Morgan fingerprint density at radius 2 is 2.25 bits per heavy atom. The number of aromatic nitrogens is 5. The minimum absolute atomic E-state index is 0.214. The Morgan fingerprint density at radius 3 is 3.00 bits per heavy atom. The molecule has 0 bridgehead atoms. The van der Waals surface area contributed by atoms with Crippen molar-refractivity contribution in [3.05, 3.63) is 16.2 Å². The van der Waals surface area contributed by atoms with Gasteiger partial charge in [-0.2, -0.15) is 5.21 Å². The van der Waals surface area contributed by atoms with Crippen molar-refractivity contribution in [2.45, 2.75) is 32.2 Å². The lowest BCUT2D eigenvalue weighted by molar-refractivity contribution is 0.575. The SMILES string of the molecule is CCCCC(N)c1nc2n[nH]nc2c(=O)[nH]1. The fraction of sp³-hybridized carbons (Fsp3) is 0.556. The van der Waals surface area contributed by atoms with Crippen molar-refractivity contribution < 1.29 is 0 Å². The summed E-state index contributed by atoms with van der Waals surface area (Å²) in [5, 5.41) is 9.84. The van der Waals surface area contributed by atoms with Crippen molar-refractivity contribution in [3.8, 4) is 0 Å². The molecule has 2 heterocycles. The van der Waals surface area contributed by atoms with Crippen molar-refractivity contribution in [2.24, 2.45) is 5.73 Å². The predicted octanol–water partition coefficient (Wildman–Crippen LogP) is 0.231. The molecular formula is C9H14N6O. The molecule has 1 unspecified atom stereocenters. The number of nitrogens with one attached hydrogen (secondary N) is 2. The van der Waals surface area contributed by atoms with E-state index in [-0.39, 0.29) is 17.1 Å². The molecule has 0 aliphatic rings. The van der Waals surface area contributed by atoms with Crippen molar-refractivity contribution in [2.75, 3.05) is 0 Å². The van der Waals surface area contributed by atoms with Gasteiger partial charge in [0.25, 0.3) is 5.56 Å². The van der Waals surface area contributed by atoms with Gasteiger partial charge in [0, 0.05) is 0 Å². The number of fused-ring (bicyclic) bond motifs is 1. The van der Waals surface area contributed by atoms with E-state index in [9.17, 15) is 4.79 Å². The van der Waals surface area contributed by atoms with E-state index in [0.29, 0.717) is 11.5 Å². The number of unbranched alkanes of at least 4 members (excludes halogenated alkanes) is 1. The van der Waals surface area contributed by atoms with E-state index in [1.165, 1.54) is 0 Å². The standard InChI is InChI=1S/C9H14N6O/c1-2-3-4-5(10)7-11-8-6(9(16)12-7)13-15-14-8/h5H,2-4,10H2,1H3,(H2,11,12,13,14,15,16). The van der Waals surface area contributed by atoms with E-state index in [4.69, 9.17) is 5.73 Å². The third-order valence-electron chi connectivity index (χ3n) is 2.43. The minimum atomic E-state index is -0.305. The van der Waals surface area contributed by atoms with Crippen LogP contribution in [0, 0.1) is 0 Å². The van der Waals surface area contributed by atoms with Crippen LogP contribution in [0.15, 0.2) is 4.79 Å². The average molecular weight is 222 g/mol. The average Bonchev–Trinajstić information content (AvgIpc) is 2.74. The maximum atomic E-state index is 11.6. The van der Waals surface area contributed by atoms with Crippen LogP contribution in [0.5, 0.6) is 0 Å². The molecule has 0 spiro atoms. The van der Waals surface area contributed by atoms with Gasteiger partial charge < -0.3 is 10.7 Å². The van der Waals surface area contributed by atoms with Crippen molar-refractivity contribution in [3.63, 3.8) is 0 Å². The Balaban J connectivity index is 2.34. The van der Waals surface area contributed by atoms with Crippen LogP contribution in [-0.2, 0) is 0 Å². The quantitative estimate of drug-likeness (QED) is 0.685. The number of hydrogen-bond acceptors (Lipinski definition) is 5. The summed E-state index contributed by atoms with van der Waals surface area (Å²) in [4.78, 5) is 18.4. The van der Waals surface area contributed by atoms with Gasteiger partial charge in [0.05, 0.1) is 6.04 Å². The highest BCUT2D eigenvalue weighted by molar-refractivity contribution is 5.66. The number of nitrogens with two attached hydrogens (primary N) is 1. The molecule has 0 aliphatic heterocycles. The number of nitrogens with zero attached hydrogens (tertiary/aromatic N) is 3. The molecule has 0 radical (unpaired) electrons. The van der Waals surface area contributed by atoms with Gasteiger partial charge in [-0.15, -0.1) is 10.2 Å². The molecule has 86 valence electrons. The summed E-state index contributed by atoms with van der Waals surface area (Å²) < 4.78 is 0. The molecule has 7 heteroatoms. The highest BCUT2D eigenvalue weighted by Gasteiger charge is 2.12. The monoisotopic (exact) mass is 222 g/mol. The smallest absolute Gasteiger partial charge is 0.281 e. The van der Waals surface area contributed by atoms with Crippen molar-refractivity contribution >= 4 is 11.2 Å². The number of rotatable bonds is 4. The molecule has 7 nitrogen and oxygen atoms in total. The van der Waals surface area contributed by atoms with Gasteiger partial charge in [-0.05, 0) is 6.42 Å². The highest BCUT2D eigenvalue weighted by atomic mass is 16.1. The first-order chi connectivity index (χ1) is 7.72. The van der Waals surface area contributed by atoms with Crippen LogP contribution in [0.3, 0.4) is 0 Å². The van der Waals surface area contributed by atoms with E-state index in [1.54, 1.807) is 0 Å². The Hall–Kier alpha value is -1.76. The van der Waals surface area contributed by atoms with Gasteiger partial charge in [0.1, 0.15) is 5.82 Å². The molecule has 0 saturated carbocycles. The normalized spacial score (nSPS) is 13.1. The summed E-state index contributed by atoms with van der Waals surface area (Å²) in [6, 6.07) is -0.256. The zero-order chi connectivity index (χ0) is 11.5. The maximum absolute atomic E-state index is 11.6.